The molecule has 0 saturated heterocycles. The Labute approximate surface area is 177 Å². The van der Waals surface area contributed by atoms with Crippen molar-refractivity contribution in [3.8, 4) is 11.1 Å². The summed E-state index contributed by atoms with van der Waals surface area (Å²) in [5.74, 6) is -2.29. The maximum atomic E-state index is 14.9. The zero-order valence-electron chi connectivity index (χ0n) is 16.5. The van der Waals surface area contributed by atoms with Crippen molar-refractivity contribution in [3.05, 3.63) is 53.6 Å². The Morgan fingerprint density at radius 3 is 2.61 bits per heavy atom. The summed E-state index contributed by atoms with van der Waals surface area (Å²) < 4.78 is 28.7. The molecule has 31 heavy (non-hydrogen) atoms. The van der Waals surface area contributed by atoms with Crippen LogP contribution in [0.2, 0.25) is 0 Å². The number of aromatic amines is 1. The Morgan fingerprint density at radius 1 is 1.16 bits per heavy atom. The Balaban J connectivity index is 1.58. The molecule has 3 aromatic rings. The summed E-state index contributed by atoms with van der Waals surface area (Å²) >= 11 is 0. The molecule has 6 nitrogen and oxygen atoms in total. The molecule has 2 atom stereocenters. The molecule has 2 aromatic heterocycles. The number of fused-ring (bicyclic) bond motifs is 4. The van der Waals surface area contributed by atoms with Gasteiger partial charge in [-0.1, -0.05) is 0 Å². The monoisotopic (exact) mass is 422 g/mol. The molecule has 0 aliphatic heterocycles. The van der Waals surface area contributed by atoms with Gasteiger partial charge in [-0.15, -0.1) is 0 Å². The van der Waals surface area contributed by atoms with Gasteiger partial charge in [0.1, 0.15) is 17.3 Å². The van der Waals surface area contributed by atoms with E-state index in [9.17, 15) is 18.7 Å². The summed E-state index contributed by atoms with van der Waals surface area (Å²) in [6, 6.07) is 3.62. The molecule has 3 fully saturated rings. The van der Waals surface area contributed by atoms with E-state index in [1.807, 2.05) is 0 Å². The van der Waals surface area contributed by atoms with Gasteiger partial charge in [0, 0.05) is 17.6 Å². The number of benzene rings is 1. The quantitative estimate of drug-likeness (QED) is 0.495. The molecule has 2 bridgehead atoms. The largest absolute Gasteiger partial charge is 0.481 e. The van der Waals surface area contributed by atoms with Gasteiger partial charge in [-0.05, 0) is 66.8 Å². The number of hydrogen-bond acceptors (Lipinski definition) is 3. The Kier molecular flexibility index (Phi) is 4.62. The van der Waals surface area contributed by atoms with Crippen LogP contribution < -0.4 is 5.32 Å². The summed E-state index contributed by atoms with van der Waals surface area (Å²) in [5.41, 5.74) is 1.68. The first-order valence-corrected chi connectivity index (χ1v) is 10.3. The lowest BCUT2D eigenvalue weighted by atomic mass is 9.61. The minimum absolute atomic E-state index is 0.0905. The smallest absolute Gasteiger partial charge is 0.308 e. The third kappa shape index (κ3) is 3.21. The molecular formula is C23H20F2N4O2. The number of pyridine rings is 1. The first-order chi connectivity index (χ1) is 15.0. The highest BCUT2D eigenvalue weighted by Crippen LogP contribution is 2.47. The van der Waals surface area contributed by atoms with Crippen LogP contribution in [-0.2, 0) is 4.79 Å². The average Bonchev–Trinajstić information content (AvgIpc) is 3.18. The fraction of sp³-hybridized carbons (Fsp3) is 0.348. The number of nitrogens with zero attached hydrogens (tertiary/aromatic N) is 2. The number of carboxylic acids is 1. The number of anilines is 1. The van der Waals surface area contributed by atoms with Crippen LogP contribution in [0.1, 0.15) is 25.7 Å². The van der Waals surface area contributed by atoms with Gasteiger partial charge in [0.25, 0.3) is 0 Å². The molecule has 8 heteroatoms. The summed E-state index contributed by atoms with van der Waals surface area (Å²) in [7, 11) is 0. The maximum Gasteiger partial charge on any atom is 0.308 e. The topological polar surface area (TPSA) is 82.4 Å². The number of carboxylic acid groups (broad SMARTS) is 1. The van der Waals surface area contributed by atoms with Crippen LogP contribution in [0, 0.1) is 36.0 Å². The molecule has 3 aliphatic carbocycles. The van der Waals surface area contributed by atoms with Crippen molar-refractivity contribution in [2.45, 2.75) is 31.7 Å². The van der Waals surface area contributed by atoms with E-state index >= 15 is 0 Å². The number of hydrogen-bond donors (Lipinski definition) is 3. The van der Waals surface area contributed by atoms with Crippen molar-refractivity contribution < 1.29 is 18.7 Å². The number of carbonyl (C=O) groups is 1. The van der Waals surface area contributed by atoms with Crippen molar-refractivity contribution in [3.63, 3.8) is 0 Å². The van der Waals surface area contributed by atoms with Gasteiger partial charge < -0.3 is 15.4 Å². The van der Waals surface area contributed by atoms with Gasteiger partial charge in [0.05, 0.1) is 24.4 Å². The van der Waals surface area contributed by atoms with Crippen molar-refractivity contribution in [2.75, 3.05) is 5.32 Å². The molecule has 3 N–H and O–H groups in total. The fourth-order valence-electron chi connectivity index (χ4n) is 5.37. The fourth-order valence-corrected chi connectivity index (χ4v) is 5.37. The lowest BCUT2D eigenvalue weighted by Crippen LogP contribution is -2.51. The van der Waals surface area contributed by atoms with E-state index < -0.39 is 23.5 Å². The van der Waals surface area contributed by atoms with Gasteiger partial charge in [-0.2, -0.15) is 0 Å². The number of nitrogens with one attached hydrogen (secondary N) is 2. The highest BCUT2D eigenvalue weighted by molar-refractivity contribution is 5.98. The molecule has 1 aromatic carbocycles. The van der Waals surface area contributed by atoms with E-state index in [-0.39, 0.29) is 29.3 Å². The highest BCUT2D eigenvalue weighted by Gasteiger charge is 2.47. The van der Waals surface area contributed by atoms with Crippen LogP contribution >= 0.6 is 0 Å². The summed E-state index contributed by atoms with van der Waals surface area (Å²) in [6.07, 6.45) is 6.34. The van der Waals surface area contributed by atoms with E-state index in [0.717, 1.165) is 37.9 Å². The molecule has 6 rings (SSSR count). The number of aliphatic carboxylic acids is 1. The summed E-state index contributed by atoms with van der Waals surface area (Å²) in [5, 5.41) is 13.4. The number of halogens is 2. The van der Waals surface area contributed by atoms with E-state index in [0.29, 0.717) is 22.2 Å². The summed E-state index contributed by atoms with van der Waals surface area (Å²) in [4.78, 5) is 22.3. The van der Waals surface area contributed by atoms with Gasteiger partial charge in [0.15, 0.2) is 5.69 Å². The number of H-pyrrole nitrogens is 1. The Bertz CT molecular complexity index is 1220. The van der Waals surface area contributed by atoms with Gasteiger partial charge in [0.2, 0.25) is 0 Å². The average molecular weight is 422 g/mol. The Morgan fingerprint density at radius 2 is 1.90 bits per heavy atom. The molecule has 2 heterocycles. The SMILES string of the molecule is [C-]#[N+]c1cc(F)c(N[C@@H]2C3CCC(CC3)[C@H]2C(=O)O)cc1-c1c[nH]c2ncc(F)cc12. The molecule has 3 aliphatic rings. The normalized spacial score (nSPS) is 24.8. The van der Waals surface area contributed by atoms with Crippen LogP contribution in [-0.4, -0.2) is 27.1 Å². The second kappa shape index (κ2) is 7.34. The standard InChI is InChI=1S/C23H20F2N4O2/c1-26-18-8-17(25)19(29-21-12-4-2-11(3-5-12)20(21)23(30)31)7-14(18)16-10-28-22-15(16)6-13(24)9-27-22/h6-12,20-21,29H,2-5H2,(H,27,28)(H,30,31)/t11?,12?,20-,21-/m1/s1. The molecular weight excluding hydrogens is 402 g/mol. The molecule has 0 amide bonds. The molecule has 0 radical (unpaired) electrons. The lowest BCUT2D eigenvalue weighted by molar-refractivity contribution is -0.148. The second-order valence-corrected chi connectivity index (χ2v) is 8.42. The van der Waals surface area contributed by atoms with Crippen LogP contribution in [0.25, 0.3) is 27.0 Å². The van der Waals surface area contributed by atoms with E-state index in [1.54, 1.807) is 6.20 Å². The van der Waals surface area contributed by atoms with Crippen molar-refractivity contribution >= 4 is 28.4 Å². The zero-order chi connectivity index (χ0) is 21.7. The maximum absolute atomic E-state index is 14.9. The van der Waals surface area contributed by atoms with Crippen LogP contribution in [0.3, 0.4) is 0 Å². The predicted molar refractivity (Wildman–Crippen MR) is 112 cm³/mol. The number of rotatable bonds is 4. The second-order valence-electron chi connectivity index (χ2n) is 8.42. The van der Waals surface area contributed by atoms with Crippen molar-refractivity contribution in [1.82, 2.24) is 9.97 Å². The van der Waals surface area contributed by atoms with Crippen LogP contribution in [0.4, 0.5) is 20.2 Å². The third-order valence-corrected chi connectivity index (χ3v) is 6.82. The first-order valence-electron chi connectivity index (χ1n) is 10.3. The third-order valence-electron chi connectivity index (χ3n) is 6.82. The minimum Gasteiger partial charge on any atom is -0.481 e. The van der Waals surface area contributed by atoms with E-state index in [1.165, 1.54) is 12.1 Å². The van der Waals surface area contributed by atoms with Gasteiger partial charge in [-0.25, -0.2) is 18.6 Å². The first kappa shape index (κ1) is 19.5. The summed E-state index contributed by atoms with van der Waals surface area (Å²) in [6.45, 7) is 7.47. The zero-order valence-corrected chi connectivity index (χ0v) is 16.5. The van der Waals surface area contributed by atoms with Gasteiger partial charge >= 0.3 is 5.97 Å². The van der Waals surface area contributed by atoms with E-state index in [2.05, 4.69) is 20.1 Å². The van der Waals surface area contributed by atoms with Gasteiger partial charge in [-0.3, -0.25) is 4.79 Å². The van der Waals surface area contributed by atoms with Crippen LogP contribution in [0.15, 0.2) is 30.6 Å². The molecule has 3 saturated carbocycles. The highest BCUT2D eigenvalue weighted by atomic mass is 19.1. The number of aromatic nitrogens is 2. The predicted octanol–water partition coefficient (Wildman–Crippen LogP) is 5.36. The molecule has 0 spiro atoms. The molecule has 158 valence electrons. The van der Waals surface area contributed by atoms with Crippen LogP contribution in [0.5, 0.6) is 0 Å². The lowest BCUT2D eigenvalue weighted by Gasteiger charge is -2.47. The Hall–Kier alpha value is -3.47. The van der Waals surface area contributed by atoms with Crippen molar-refractivity contribution in [2.24, 2.45) is 17.8 Å². The molecule has 0 unspecified atom stereocenters. The van der Waals surface area contributed by atoms with E-state index in [4.69, 9.17) is 6.57 Å². The van der Waals surface area contributed by atoms with Crippen molar-refractivity contribution in [1.29, 1.82) is 0 Å². The minimum atomic E-state index is -0.858.